The molecule has 2 amide bonds. The number of halogens is 1. The topological polar surface area (TPSA) is 87.5 Å². The molecule has 1 fully saturated rings. The Morgan fingerprint density at radius 1 is 1.23 bits per heavy atom. The molecule has 0 radical (unpaired) electrons. The Balaban J connectivity index is 1.44. The van der Waals surface area contributed by atoms with Gasteiger partial charge in [-0.05, 0) is 37.1 Å². The van der Waals surface area contributed by atoms with E-state index >= 15 is 0 Å². The first kappa shape index (κ1) is 20.4. The van der Waals surface area contributed by atoms with Gasteiger partial charge in [-0.2, -0.15) is 0 Å². The minimum atomic E-state index is -0.255. The molecule has 2 aromatic heterocycles. The van der Waals surface area contributed by atoms with Crippen molar-refractivity contribution in [1.29, 1.82) is 0 Å². The molecular weight excluding hydrogens is 424 g/mol. The van der Waals surface area contributed by atoms with Crippen molar-refractivity contribution in [3.05, 3.63) is 64.5 Å². The Morgan fingerprint density at radius 2 is 2.07 bits per heavy atom. The number of benzene rings is 1. The number of anilines is 2. The van der Waals surface area contributed by atoms with Gasteiger partial charge in [0.25, 0.3) is 5.91 Å². The van der Waals surface area contributed by atoms with Crippen LogP contribution in [-0.4, -0.2) is 34.3 Å². The van der Waals surface area contributed by atoms with Gasteiger partial charge in [0.1, 0.15) is 11.5 Å². The Kier molecular flexibility index (Phi) is 6.35. The van der Waals surface area contributed by atoms with Crippen LogP contribution >= 0.6 is 22.9 Å². The van der Waals surface area contributed by atoms with E-state index in [9.17, 15) is 9.59 Å². The van der Waals surface area contributed by atoms with Crippen molar-refractivity contribution in [3.8, 4) is 0 Å². The summed E-state index contributed by atoms with van der Waals surface area (Å²) in [5, 5.41) is 8.91. The number of nitrogens with one attached hydrogen (secondary N) is 2. The number of thiazole rings is 1. The lowest BCUT2D eigenvalue weighted by atomic mass is 10.3. The number of amides is 2. The summed E-state index contributed by atoms with van der Waals surface area (Å²) < 4.78 is 5.39. The van der Waals surface area contributed by atoms with Crippen LogP contribution < -0.4 is 10.6 Å². The number of rotatable bonds is 9. The standard InChI is InChI=1S/C21H21ClN4O3S/c22-16-5-1-2-6-17(16)24-21-25-18(13-30-21)20(28)26(12-15-4-3-11-29-15)10-9-19(27)23-14-7-8-14/h1-6,11,13-14H,7-10,12H2,(H,23,27)(H,24,25). The number of para-hydroxylation sites is 1. The van der Waals surface area contributed by atoms with E-state index < -0.39 is 0 Å². The normalized spacial score (nSPS) is 13.1. The number of furan rings is 1. The summed E-state index contributed by atoms with van der Waals surface area (Å²) in [6, 6.07) is 11.2. The Bertz CT molecular complexity index is 1020. The van der Waals surface area contributed by atoms with Crippen LogP contribution in [0.15, 0.2) is 52.5 Å². The van der Waals surface area contributed by atoms with Crippen molar-refractivity contribution < 1.29 is 14.0 Å². The Hall–Kier alpha value is -2.84. The SMILES string of the molecule is O=C(CCN(Cc1ccco1)C(=O)c1csc(Nc2ccccc2Cl)n1)NC1CC1. The molecule has 1 aliphatic rings. The highest BCUT2D eigenvalue weighted by molar-refractivity contribution is 7.14. The smallest absolute Gasteiger partial charge is 0.273 e. The third-order valence-electron chi connectivity index (χ3n) is 4.60. The van der Waals surface area contributed by atoms with Gasteiger partial charge in [0.2, 0.25) is 5.91 Å². The maximum atomic E-state index is 13.1. The molecule has 1 saturated carbocycles. The molecule has 0 aliphatic heterocycles. The lowest BCUT2D eigenvalue weighted by Gasteiger charge is -2.20. The van der Waals surface area contributed by atoms with E-state index in [2.05, 4.69) is 15.6 Å². The fourth-order valence-electron chi connectivity index (χ4n) is 2.88. The molecule has 7 nitrogen and oxygen atoms in total. The fourth-order valence-corrected chi connectivity index (χ4v) is 3.76. The first-order chi connectivity index (χ1) is 14.6. The van der Waals surface area contributed by atoms with Crippen LogP contribution in [0.1, 0.15) is 35.5 Å². The zero-order chi connectivity index (χ0) is 20.9. The maximum Gasteiger partial charge on any atom is 0.273 e. The number of hydrogen-bond donors (Lipinski definition) is 2. The lowest BCUT2D eigenvalue weighted by molar-refractivity contribution is -0.121. The van der Waals surface area contributed by atoms with E-state index in [1.807, 2.05) is 18.2 Å². The van der Waals surface area contributed by atoms with Gasteiger partial charge < -0.3 is 20.0 Å². The molecule has 2 N–H and O–H groups in total. The van der Waals surface area contributed by atoms with Crippen LogP contribution in [0.2, 0.25) is 5.02 Å². The molecule has 2 heterocycles. The van der Waals surface area contributed by atoms with Gasteiger partial charge in [-0.25, -0.2) is 4.98 Å². The molecule has 0 bridgehead atoms. The van der Waals surface area contributed by atoms with Gasteiger partial charge in [-0.3, -0.25) is 9.59 Å². The molecule has 0 saturated heterocycles. The highest BCUT2D eigenvalue weighted by atomic mass is 35.5. The Morgan fingerprint density at radius 3 is 2.80 bits per heavy atom. The van der Waals surface area contributed by atoms with Crippen LogP contribution in [0, 0.1) is 0 Å². The molecule has 0 spiro atoms. The number of carbonyl (C=O) groups is 2. The summed E-state index contributed by atoms with van der Waals surface area (Å²) >= 11 is 7.49. The van der Waals surface area contributed by atoms with Gasteiger partial charge in [0, 0.05) is 24.4 Å². The van der Waals surface area contributed by atoms with Crippen LogP contribution in [-0.2, 0) is 11.3 Å². The second-order valence-electron chi connectivity index (χ2n) is 7.04. The van der Waals surface area contributed by atoms with E-state index in [0.29, 0.717) is 27.7 Å². The minimum Gasteiger partial charge on any atom is -0.467 e. The van der Waals surface area contributed by atoms with Crippen molar-refractivity contribution in [2.75, 3.05) is 11.9 Å². The van der Waals surface area contributed by atoms with E-state index in [0.717, 1.165) is 18.5 Å². The molecule has 156 valence electrons. The van der Waals surface area contributed by atoms with Gasteiger partial charge >= 0.3 is 0 Å². The van der Waals surface area contributed by atoms with Crippen molar-refractivity contribution in [1.82, 2.24) is 15.2 Å². The van der Waals surface area contributed by atoms with E-state index in [1.165, 1.54) is 11.3 Å². The fraction of sp³-hybridized carbons (Fsp3) is 0.286. The average molecular weight is 445 g/mol. The first-order valence-corrected chi connectivity index (χ1v) is 10.9. The monoisotopic (exact) mass is 444 g/mol. The zero-order valence-corrected chi connectivity index (χ0v) is 17.7. The highest BCUT2D eigenvalue weighted by Crippen LogP contribution is 2.27. The molecule has 30 heavy (non-hydrogen) atoms. The minimum absolute atomic E-state index is 0.0471. The quantitative estimate of drug-likeness (QED) is 0.509. The highest BCUT2D eigenvalue weighted by Gasteiger charge is 2.25. The Labute approximate surface area is 183 Å². The van der Waals surface area contributed by atoms with Crippen molar-refractivity contribution >= 4 is 45.6 Å². The van der Waals surface area contributed by atoms with E-state index in [-0.39, 0.29) is 31.3 Å². The van der Waals surface area contributed by atoms with Crippen molar-refractivity contribution in [3.63, 3.8) is 0 Å². The lowest BCUT2D eigenvalue weighted by Crippen LogP contribution is -2.35. The van der Waals surface area contributed by atoms with Crippen LogP contribution in [0.4, 0.5) is 10.8 Å². The van der Waals surface area contributed by atoms with Crippen LogP contribution in [0.3, 0.4) is 0 Å². The molecule has 1 aromatic carbocycles. The summed E-state index contributed by atoms with van der Waals surface area (Å²) in [6.45, 7) is 0.552. The number of hydrogen-bond acceptors (Lipinski definition) is 6. The third-order valence-corrected chi connectivity index (χ3v) is 5.69. The molecule has 3 aromatic rings. The van der Waals surface area contributed by atoms with E-state index in [4.69, 9.17) is 16.0 Å². The van der Waals surface area contributed by atoms with Gasteiger partial charge in [0.05, 0.1) is 23.5 Å². The van der Waals surface area contributed by atoms with Crippen LogP contribution in [0.25, 0.3) is 0 Å². The summed E-state index contributed by atoms with van der Waals surface area (Å²) in [6.07, 6.45) is 3.85. The largest absolute Gasteiger partial charge is 0.467 e. The predicted octanol–water partition coefficient (Wildman–Crippen LogP) is 4.44. The van der Waals surface area contributed by atoms with Gasteiger partial charge in [-0.15, -0.1) is 11.3 Å². The molecule has 0 unspecified atom stereocenters. The number of nitrogens with zero attached hydrogens (tertiary/aromatic N) is 2. The second kappa shape index (κ2) is 9.32. The summed E-state index contributed by atoms with van der Waals surface area (Å²) in [5.41, 5.74) is 1.03. The first-order valence-electron chi connectivity index (χ1n) is 9.66. The third kappa shape index (κ3) is 5.40. The van der Waals surface area contributed by atoms with Crippen molar-refractivity contribution in [2.24, 2.45) is 0 Å². The van der Waals surface area contributed by atoms with Crippen molar-refractivity contribution in [2.45, 2.75) is 31.8 Å². The second-order valence-corrected chi connectivity index (χ2v) is 8.31. The molecular formula is C21H21ClN4O3S. The summed E-state index contributed by atoms with van der Waals surface area (Å²) in [7, 11) is 0. The molecule has 4 rings (SSSR count). The predicted molar refractivity (Wildman–Crippen MR) is 116 cm³/mol. The van der Waals surface area contributed by atoms with Crippen LogP contribution in [0.5, 0.6) is 0 Å². The summed E-state index contributed by atoms with van der Waals surface area (Å²) in [4.78, 5) is 31.2. The molecule has 1 aliphatic carbocycles. The van der Waals surface area contributed by atoms with Gasteiger partial charge in [-0.1, -0.05) is 23.7 Å². The zero-order valence-electron chi connectivity index (χ0n) is 16.1. The molecule has 0 atom stereocenters. The van der Waals surface area contributed by atoms with Gasteiger partial charge in [0.15, 0.2) is 5.13 Å². The molecule has 9 heteroatoms. The van der Waals surface area contributed by atoms with E-state index in [1.54, 1.807) is 34.7 Å². The number of carbonyl (C=O) groups excluding carboxylic acids is 2. The summed E-state index contributed by atoms with van der Waals surface area (Å²) in [5.74, 6) is 0.346. The number of aromatic nitrogens is 1. The average Bonchev–Trinajstić information content (AvgIpc) is 3.19. The maximum absolute atomic E-state index is 13.1.